The molecule has 0 N–H and O–H groups in total. The van der Waals surface area contributed by atoms with Crippen LogP contribution in [0.3, 0.4) is 0 Å². The molecule has 0 saturated carbocycles. The van der Waals surface area contributed by atoms with Crippen LogP contribution in [-0.2, 0) is 10.0 Å². The highest BCUT2D eigenvalue weighted by atomic mass is 35.5. The topological polar surface area (TPSA) is 40.6 Å². The molecule has 4 nitrogen and oxygen atoms in total. The standard InChI is InChI=1S/C9H11ClN2O2S/c1-11-6-12(2)15(13,14)9-5-7(10)3-4-8(9)11/h3-5H,6H2,1-2H3. The van der Waals surface area contributed by atoms with E-state index in [1.54, 1.807) is 19.2 Å². The van der Waals surface area contributed by atoms with E-state index in [0.29, 0.717) is 17.4 Å². The molecule has 1 aliphatic heterocycles. The summed E-state index contributed by atoms with van der Waals surface area (Å²) >= 11 is 5.80. The van der Waals surface area contributed by atoms with Crippen LogP contribution in [0.25, 0.3) is 0 Å². The minimum Gasteiger partial charge on any atom is -0.359 e. The van der Waals surface area contributed by atoms with Crippen molar-refractivity contribution in [2.75, 3.05) is 25.7 Å². The summed E-state index contributed by atoms with van der Waals surface area (Å²) in [5.41, 5.74) is 0.692. The monoisotopic (exact) mass is 246 g/mol. The quantitative estimate of drug-likeness (QED) is 0.694. The second kappa shape index (κ2) is 3.37. The Morgan fingerprint density at radius 1 is 1.33 bits per heavy atom. The van der Waals surface area contributed by atoms with E-state index >= 15 is 0 Å². The number of halogens is 1. The number of sulfonamides is 1. The van der Waals surface area contributed by atoms with Gasteiger partial charge >= 0.3 is 0 Å². The summed E-state index contributed by atoms with van der Waals surface area (Å²) in [6.07, 6.45) is 0. The Morgan fingerprint density at radius 2 is 2.00 bits per heavy atom. The fourth-order valence-corrected chi connectivity index (χ4v) is 3.29. The van der Waals surface area contributed by atoms with Crippen LogP contribution in [-0.4, -0.2) is 33.5 Å². The summed E-state index contributed by atoms with van der Waals surface area (Å²) in [5.74, 6) is 0. The maximum Gasteiger partial charge on any atom is 0.246 e. The summed E-state index contributed by atoms with van der Waals surface area (Å²) in [5, 5.41) is 0.432. The van der Waals surface area contributed by atoms with Gasteiger partial charge in [0.1, 0.15) is 4.90 Å². The van der Waals surface area contributed by atoms with Crippen molar-refractivity contribution in [1.82, 2.24) is 4.31 Å². The second-order valence-electron chi connectivity index (χ2n) is 3.55. The van der Waals surface area contributed by atoms with Gasteiger partial charge in [-0.15, -0.1) is 0 Å². The lowest BCUT2D eigenvalue weighted by atomic mass is 10.3. The molecule has 0 radical (unpaired) electrons. The summed E-state index contributed by atoms with van der Waals surface area (Å²) in [6.45, 7) is 0.358. The van der Waals surface area contributed by atoms with Gasteiger partial charge in [0.05, 0.1) is 12.4 Å². The molecule has 6 heteroatoms. The third kappa shape index (κ3) is 1.60. The molecule has 1 aromatic rings. The van der Waals surface area contributed by atoms with E-state index in [9.17, 15) is 8.42 Å². The zero-order chi connectivity index (χ0) is 11.2. The molecule has 0 aromatic heterocycles. The van der Waals surface area contributed by atoms with E-state index in [2.05, 4.69) is 0 Å². The van der Waals surface area contributed by atoms with Crippen LogP contribution < -0.4 is 4.90 Å². The number of rotatable bonds is 0. The normalized spacial score (nSPS) is 20.1. The summed E-state index contributed by atoms with van der Waals surface area (Å²) < 4.78 is 25.2. The van der Waals surface area contributed by atoms with Crippen LogP contribution in [0.5, 0.6) is 0 Å². The lowest BCUT2D eigenvalue weighted by Gasteiger charge is -2.33. The first-order valence-electron chi connectivity index (χ1n) is 4.40. The molecule has 0 bridgehead atoms. The number of hydrogen-bond acceptors (Lipinski definition) is 3. The van der Waals surface area contributed by atoms with E-state index in [1.165, 1.54) is 10.4 Å². The average Bonchev–Trinajstić information content (AvgIpc) is 2.15. The van der Waals surface area contributed by atoms with Crippen molar-refractivity contribution in [3.63, 3.8) is 0 Å². The summed E-state index contributed by atoms with van der Waals surface area (Å²) in [4.78, 5) is 2.14. The van der Waals surface area contributed by atoms with E-state index in [0.717, 1.165) is 0 Å². The van der Waals surface area contributed by atoms with Crippen LogP contribution in [0, 0.1) is 0 Å². The van der Waals surface area contributed by atoms with Crippen molar-refractivity contribution in [2.24, 2.45) is 0 Å². The van der Waals surface area contributed by atoms with Gasteiger partial charge in [-0.1, -0.05) is 11.6 Å². The van der Waals surface area contributed by atoms with Crippen molar-refractivity contribution in [2.45, 2.75) is 4.90 Å². The maximum absolute atomic E-state index is 11.9. The van der Waals surface area contributed by atoms with E-state index in [4.69, 9.17) is 11.6 Å². The highest BCUT2D eigenvalue weighted by Gasteiger charge is 2.31. The number of anilines is 1. The molecule has 0 spiro atoms. The van der Waals surface area contributed by atoms with Gasteiger partial charge in [0.25, 0.3) is 0 Å². The molecule has 0 unspecified atom stereocenters. The SMILES string of the molecule is CN1CN(C)S(=O)(=O)c2cc(Cl)ccc21. The predicted molar refractivity (Wildman–Crippen MR) is 59.7 cm³/mol. The number of nitrogens with zero attached hydrogens (tertiary/aromatic N) is 2. The molecular weight excluding hydrogens is 236 g/mol. The Hall–Kier alpha value is -0.780. The van der Waals surface area contributed by atoms with E-state index in [1.807, 2.05) is 11.9 Å². The molecule has 82 valence electrons. The Labute approximate surface area is 94.1 Å². The molecular formula is C9H11ClN2O2S. The van der Waals surface area contributed by atoms with Gasteiger partial charge in [0.15, 0.2) is 0 Å². The van der Waals surface area contributed by atoms with Crippen LogP contribution in [0.1, 0.15) is 0 Å². The third-order valence-corrected chi connectivity index (χ3v) is 4.49. The smallest absolute Gasteiger partial charge is 0.246 e. The van der Waals surface area contributed by atoms with Gasteiger partial charge in [0.2, 0.25) is 10.0 Å². The lowest BCUT2D eigenvalue weighted by Crippen LogP contribution is -2.42. The molecule has 0 aliphatic carbocycles. The molecule has 15 heavy (non-hydrogen) atoms. The molecule has 1 heterocycles. The highest BCUT2D eigenvalue weighted by Crippen LogP contribution is 2.33. The number of hydrogen-bond donors (Lipinski definition) is 0. The molecule has 0 amide bonds. The van der Waals surface area contributed by atoms with Gasteiger partial charge in [-0.3, -0.25) is 0 Å². The minimum atomic E-state index is -3.37. The van der Waals surface area contributed by atoms with Gasteiger partial charge in [0, 0.05) is 19.1 Å². The minimum absolute atomic E-state index is 0.270. The van der Waals surface area contributed by atoms with Crippen LogP contribution in [0.4, 0.5) is 5.69 Å². The van der Waals surface area contributed by atoms with Crippen molar-refractivity contribution in [1.29, 1.82) is 0 Å². The Kier molecular flexibility index (Phi) is 2.41. The predicted octanol–water partition coefficient (Wildman–Crippen LogP) is 1.37. The van der Waals surface area contributed by atoms with Crippen molar-refractivity contribution < 1.29 is 8.42 Å². The van der Waals surface area contributed by atoms with Gasteiger partial charge in [-0.25, -0.2) is 8.42 Å². The molecule has 1 aromatic carbocycles. The van der Waals surface area contributed by atoms with E-state index in [-0.39, 0.29) is 4.90 Å². The van der Waals surface area contributed by atoms with Gasteiger partial charge in [-0.05, 0) is 18.2 Å². The zero-order valence-electron chi connectivity index (χ0n) is 8.44. The largest absolute Gasteiger partial charge is 0.359 e. The lowest BCUT2D eigenvalue weighted by molar-refractivity contribution is 0.459. The third-order valence-electron chi connectivity index (χ3n) is 2.43. The first kappa shape index (κ1) is 10.7. The summed E-state index contributed by atoms with van der Waals surface area (Å²) in [7, 11) is 0.0275. The fourth-order valence-electron chi connectivity index (χ4n) is 1.63. The Balaban J connectivity index is 2.72. The van der Waals surface area contributed by atoms with Gasteiger partial charge < -0.3 is 4.90 Å². The average molecular weight is 247 g/mol. The number of fused-ring (bicyclic) bond motifs is 1. The Bertz CT molecular complexity index is 501. The molecule has 0 atom stereocenters. The summed E-state index contributed by atoms with van der Waals surface area (Å²) in [6, 6.07) is 4.90. The fraction of sp³-hybridized carbons (Fsp3) is 0.333. The van der Waals surface area contributed by atoms with Crippen molar-refractivity contribution >= 4 is 27.3 Å². The van der Waals surface area contributed by atoms with E-state index < -0.39 is 10.0 Å². The molecule has 0 saturated heterocycles. The van der Waals surface area contributed by atoms with Gasteiger partial charge in [-0.2, -0.15) is 4.31 Å². The molecule has 1 aliphatic rings. The Morgan fingerprint density at radius 3 is 2.67 bits per heavy atom. The van der Waals surface area contributed by atoms with Crippen LogP contribution >= 0.6 is 11.6 Å². The van der Waals surface area contributed by atoms with Crippen molar-refractivity contribution in [3.05, 3.63) is 23.2 Å². The molecule has 0 fully saturated rings. The first-order chi connectivity index (χ1) is 6.93. The maximum atomic E-state index is 11.9. The molecule has 2 rings (SSSR count). The van der Waals surface area contributed by atoms with Crippen molar-refractivity contribution in [3.8, 4) is 0 Å². The highest BCUT2D eigenvalue weighted by molar-refractivity contribution is 7.89. The second-order valence-corrected chi connectivity index (χ2v) is 6.00. The number of benzene rings is 1. The van der Waals surface area contributed by atoms with Crippen LogP contribution in [0.15, 0.2) is 23.1 Å². The van der Waals surface area contributed by atoms with Crippen LogP contribution in [0.2, 0.25) is 5.02 Å². The first-order valence-corrected chi connectivity index (χ1v) is 6.22. The zero-order valence-corrected chi connectivity index (χ0v) is 10.0.